The van der Waals surface area contributed by atoms with E-state index in [1.165, 1.54) is 11.0 Å². The molecule has 1 aromatic carbocycles. The highest BCUT2D eigenvalue weighted by molar-refractivity contribution is 5.23. The Hall–Kier alpha value is -1.75. The summed E-state index contributed by atoms with van der Waals surface area (Å²) in [4.78, 5) is 0.401. The SMILES string of the molecule is OC(c1ccccc1)C1(n2c[n+](F)cn2)CC1. The van der Waals surface area contributed by atoms with Crippen molar-refractivity contribution < 1.29 is 14.4 Å². The number of halogens is 1. The number of aliphatic hydroxyl groups is 1. The lowest BCUT2D eigenvalue weighted by atomic mass is 10.0. The van der Waals surface area contributed by atoms with Crippen LogP contribution in [0.1, 0.15) is 24.5 Å². The van der Waals surface area contributed by atoms with Gasteiger partial charge in [-0.2, -0.15) is 0 Å². The lowest BCUT2D eigenvalue weighted by Crippen LogP contribution is -2.28. The molecule has 0 spiro atoms. The van der Waals surface area contributed by atoms with Crippen LogP contribution in [0.5, 0.6) is 0 Å². The van der Waals surface area contributed by atoms with Gasteiger partial charge in [-0.25, -0.2) is 0 Å². The molecule has 1 unspecified atom stereocenters. The second kappa shape index (κ2) is 3.63. The summed E-state index contributed by atoms with van der Waals surface area (Å²) >= 11 is 0. The highest BCUT2D eigenvalue weighted by atomic mass is 19.2. The third-order valence-corrected chi connectivity index (χ3v) is 3.35. The molecule has 5 heteroatoms. The lowest BCUT2D eigenvalue weighted by molar-refractivity contribution is -0.844. The molecule has 1 N–H and O–H groups in total. The van der Waals surface area contributed by atoms with E-state index in [0.29, 0.717) is 4.79 Å². The molecular formula is C12H13FN3O+. The van der Waals surface area contributed by atoms with Gasteiger partial charge in [0.2, 0.25) is 0 Å². The van der Waals surface area contributed by atoms with Crippen molar-refractivity contribution >= 4 is 0 Å². The van der Waals surface area contributed by atoms with Crippen LogP contribution in [0.3, 0.4) is 0 Å². The van der Waals surface area contributed by atoms with Gasteiger partial charge in [0.1, 0.15) is 6.10 Å². The van der Waals surface area contributed by atoms with Crippen LogP contribution in [0, 0.1) is 0 Å². The fraction of sp³-hybridized carbons (Fsp3) is 0.333. The van der Waals surface area contributed by atoms with E-state index >= 15 is 0 Å². The van der Waals surface area contributed by atoms with Gasteiger partial charge in [0.15, 0.2) is 5.54 Å². The molecule has 0 bridgehead atoms. The number of aromatic nitrogens is 3. The average Bonchev–Trinajstić information content (AvgIpc) is 3.06. The van der Waals surface area contributed by atoms with E-state index in [2.05, 4.69) is 5.10 Å². The van der Waals surface area contributed by atoms with Gasteiger partial charge in [0, 0.05) is 5.10 Å². The minimum atomic E-state index is -0.649. The van der Waals surface area contributed by atoms with Crippen molar-refractivity contribution in [1.29, 1.82) is 0 Å². The summed E-state index contributed by atoms with van der Waals surface area (Å²) in [6.45, 7) is 0. The van der Waals surface area contributed by atoms with Crippen molar-refractivity contribution in [2.45, 2.75) is 24.5 Å². The zero-order valence-electron chi connectivity index (χ0n) is 9.20. The Kier molecular flexibility index (Phi) is 2.22. The van der Waals surface area contributed by atoms with Crippen LogP contribution in [0.2, 0.25) is 0 Å². The first-order valence-corrected chi connectivity index (χ1v) is 5.58. The van der Waals surface area contributed by atoms with Crippen molar-refractivity contribution in [2.24, 2.45) is 0 Å². The van der Waals surface area contributed by atoms with Crippen molar-refractivity contribution in [2.75, 3.05) is 0 Å². The third-order valence-electron chi connectivity index (χ3n) is 3.35. The maximum atomic E-state index is 12.9. The van der Waals surface area contributed by atoms with Crippen molar-refractivity contribution in [3.63, 3.8) is 0 Å². The van der Waals surface area contributed by atoms with Gasteiger partial charge in [0.05, 0.1) is 0 Å². The van der Waals surface area contributed by atoms with Gasteiger partial charge < -0.3 is 5.11 Å². The largest absolute Gasteiger partial charge is 0.384 e. The number of aliphatic hydroxyl groups excluding tert-OH is 1. The molecule has 0 amide bonds. The Morgan fingerprint density at radius 3 is 2.59 bits per heavy atom. The van der Waals surface area contributed by atoms with Crippen LogP contribution in [0.15, 0.2) is 43.0 Å². The molecule has 0 saturated heterocycles. The van der Waals surface area contributed by atoms with Gasteiger partial charge in [-0.05, 0) is 27.7 Å². The molecule has 0 aliphatic heterocycles. The fourth-order valence-electron chi connectivity index (χ4n) is 2.20. The summed E-state index contributed by atoms with van der Waals surface area (Å²) in [5.41, 5.74) is 0.365. The summed E-state index contributed by atoms with van der Waals surface area (Å²) < 4.78 is 14.4. The van der Waals surface area contributed by atoms with Crippen molar-refractivity contribution in [3.8, 4) is 0 Å². The molecule has 1 aliphatic carbocycles. The molecule has 1 heterocycles. The van der Waals surface area contributed by atoms with E-state index in [4.69, 9.17) is 0 Å². The molecule has 1 fully saturated rings. The van der Waals surface area contributed by atoms with E-state index < -0.39 is 11.6 Å². The molecule has 3 rings (SSSR count). The molecular weight excluding hydrogens is 221 g/mol. The maximum absolute atomic E-state index is 12.9. The van der Waals surface area contributed by atoms with Gasteiger partial charge in [-0.1, -0.05) is 30.3 Å². The minimum absolute atomic E-state index is 0.401. The Morgan fingerprint density at radius 2 is 2.06 bits per heavy atom. The van der Waals surface area contributed by atoms with E-state index in [-0.39, 0.29) is 0 Å². The molecule has 4 nitrogen and oxygen atoms in total. The molecule has 17 heavy (non-hydrogen) atoms. The van der Waals surface area contributed by atoms with Crippen LogP contribution >= 0.6 is 0 Å². The van der Waals surface area contributed by atoms with E-state index in [0.717, 1.165) is 24.7 Å². The number of benzene rings is 1. The van der Waals surface area contributed by atoms with Crippen molar-refractivity contribution in [3.05, 3.63) is 48.5 Å². The Bertz CT molecular complexity index is 522. The van der Waals surface area contributed by atoms with Crippen LogP contribution in [-0.2, 0) is 5.54 Å². The van der Waals surface area contributed by atoms with Crippen LogP contribution in [0.4, 0.5) is 4.48 Å². The number of rotatable bonds is 3. The van der Waals surface area contributed by atoms with E-state index in [9.17, 15) is 9.59 Å². The second-order valence-corrected chi connectivity index (χ2v) is 4.45. The van der Waals surface area contributed by atoms with Gasteiger partial charge in [0.25, 0.3) is 12.7 Å². The zero-order valence-corrected chi connectivity index (χ0v) is 9.20. The highest BCUT2D eigenvalue weighted by Crippen LogP contribution is 2.51. The highest BCUT2D eigenvalue weighted by Gasteiger charge is 2.57. The van der Waals surface area contributed by atoms with Gasteiger partial charge >= 0.3 is 0 Å². The standard InChI is InChI=1S/C12H13FN3O/c13-15-8-14-16(9-15)12(6-7-12)11(17)10-4-2-1-3-5-10/h1-5,8-9,11,17H,6-7H2/q+1. The number of nitrogens with zero attached hydrogens (tertiary/aromatic N) is 3. The molecule has 1 saturated carbocycles. The van der Waals surface area contributed by atoms with Crippen LogP contribution < -0.4 is 4.79 Å². The summed E-state index contributed by atoms with van der Waals surface area (Å²) in [6, 6.07) is 9.41. The van der Waals surface area contributed by atoms with Gasteiger partial charge in [-0.15, -0.1) is 4.68 Å². The molecule has 1 atom stereocenters. The van der Waals surface area contributed by atoms with Crippen LogP contribution in [-0.4, -0.2) is 14.9 Å². The molecule has 88 valence electrons. The van der Waals surface area contributed by atoms with E-state index in [1.807, 2.05) is 30.3 Å². The Balaban J connectivity index is 1.94. The molecule has 1 aromatic heterocycles. The quantitative estimate of drug-likeness (QED) is 0.865. The Labute approximate surface area is 97.9 Å². The predicted octanol–water partition coefficient (Wildman–Crippen LogP) is 1.13. The summed E-state index contributed by atoms with van der Waals surface area (Å²) in [5, 5.41) is 14.3. The lowest BCUT2D eigenvalue weighted by Gasteiger charge is -2.17. The van der Waals surface area contributed by atoms with Gasteiger partial charge in [-0.3, -0.25) is 0 Å². The number of hydrogen-bond acceptors (Lipinski definition) is 2. The molecule has 2 aromatic rings. The monoisotopic (exact) mass is 234 g/mol. The first-order valence-electron chi connectivity index (χ1n) is 5.58. The fourth-order valence-corrected chi connectivity index (χ4v) is 2.20. The second-order valence-electron chi connectivity index (χ2n) is 4.45. The first kappa shape index (κ1) is 10.4. The maximum Gasteiger partial charge on any atom is 0.299 e. The van der Waals surface area contributed by atoms with E-state index in [1.54, 1.807) is 0 Å². The Morgan fingerprint density at radius 1 is 1.35 bits per heavy atom. The third kappa shape index (κ3) is 1.63. The van der Waals surface area contributed by atoms with Crippen molar-refractivity contribution in [1.82, 2.24) is 9.78 Å². The predicted molar refractivity (Wildman–Crippen MR) is 57.5 cm³/mol. The zero-order chi connectivity index (χ0) is 11.9. The summed E-state index contributed by atoms with van der Waals surface area (Å²) in [7, 11) is 0. The first-order chi connectivity index (χ1) is 8.22. The average molecular weight is 234 g/mol. The van der Waals surface area contributed by atoms with Crippen LogP contribution in [0.25, 0.3) is 0 Å². The molecule has 0 radical (unpaired) electrons. The topological polar surface area (TPSA) is 41.9 Å². The summed E-state index contributed by atoms with van der Waals surface area (Å²) in [5.74, 6) is 0. The number of hydrogen-bond donors (Lipinski definition) is 1. The summed E-state index contributed by atoms with van der Waals surface area (Å²) in [6.07, 6.45) is 3.33. The smallest absolute Gasteiger partial charge is 0.299 e. The molecule has 1 aliphatic rings. The minimum Gasteiger partial charge on any atom is -0.384 e. The normalized spacial score (nSPS) is 18.9.